The van der Waals surface area contributed by atoms with E-state index in [1.807, 2.05) is 31.2 Å². The van der Waals surface area contributed by atoms with Crippen LogP contribution in [0.4, 0.5) is 10.5 Å². The summed E-state index contributed by atoms with van der Waals surface area (Å²) < 4.78 is 0. The molecule has 5 nitrogen and oxygen atoms in total. The first-order valence-corrected chi connectivity index (χ1v) is 10.2. The van der Waals surface area contributed by atoms with Gasteiger partial charge in [0, 0.05) is 11.4 Å². The van der Waals surface area contributed by atoms with Gasteiger partial charge in [-0.25, -0.2) is 4.79 Å². The van der Waals surface area contributed by atoms with Crippen molar-refractivity contribution in [2.24, 2.45) is 0 Å². The molecular formula is C25H23N3O2. The van der Waals surface area contributed by atoms with E-state index in [-0.39, 0.29) is 11.9 Å². The lowest BCUT2D eigenvalue weighted by Gasteiger charge is -2.29. The quantitative estimate of drug-likeness (QED) is 0.608. The molecule has 1 aliphatic heterocycles. The van der Waals surface area contributed by atoms with Gasteiger partial charge >= 0.3 is 6.03 Å². The van der Waals surface area contributed by atoms with Crippen molar-refractivity contribution in [2.45, 2.75) is 32.7 Å². The van der Waals surface area contributed by atoms with E-state index in [0.29, 0.717) is 11.3 Å². The Balaban J connectivity index is 1.59. The van der Waals surface area contributed by atoms with Gasteiger partial charge in [0.2, 0.25) is 0 Å². The number of carbonyl (C=O) groups is 2. The maximum atomic E-state index is 13.3. The van der Waals surface area contributed by atoms with Crippen molar-refractivity contribution < 1.29 is 9.59 Å². The minimum Gasteiger partial charge on any atom is -0.327 e. The molecule has 0 fully saturated rings. The molecule has 0 radical (unpaired) electrons. The second kappa shape index (κ2) is 7.02. The third-order valence-electron chi connectivity index (χ3n) is 6.04. The maximum absolute atomic E-state index is 13.3. The Morgan fingerprint density at radius 2 is 1.70 bits per heavy atom. The van der Waals surface area contributed by atoms with E-state index >= 15 is 0 Å². The molecule has 0 spiro atoms. The zero-order valence-electron chi connectivity index (χ0n) is 17.0. The zero-order valence-corrected chi connectivity index (χ0v) is 17.0. The molecule has 0 aromatic heterocycles. The molecule has 2 aliphatic rings. The van der Waals surface area contributed by atoms with Crippen molar-refractivity contribution in [3.63, 3.8) is 0 Å². The first-order chi connectivity index (χ1) is 14.5. The number of carbonyl (C=O) groups excluding carboxylic acids is 2. The molecule has 5 heteroatoms. The number of hydrogen-bond donors (Lipinski definition) is 3. The fourth-order valence-electron chi connectivity index (χ4n) is 4.58. The predicted molar refractivity (Wildman–Crippen MR) is 118 cm³/mol. The summed E-state index contributed by atoms with van der Waals surface area (Å²) in [6, 6.07) is 17.3. The Morgan fingerprint density at radius 3 is 2.47 bits per heavy atom. The monoisotopic (exact) mass is 397 g/mol. The van der Waals surface area contributed by atoms with Gasteiger partial charge in [0.15, 0.2) is 0 Å². The largest absolute Gasteiger partial charge is 0.327 e. The Kier molecular flexibility index (Phi) is 4.31. The van der Waals surface area contributed by atoms with Crippen molar-refractivity contribution in [2.75, 3.05) is 5.32 Å². The van der Waals surface area contributed by atoms with Gasteiger partial charge in [-0.1, -0.05) is 48.0 Å². The van der Waals surface area contributed by atoms with Gasteiger partial charge in [-0.05, 0) is 66.3 Å². The van der Waals surface area contributed by atoms with Gasteiger partial charge in [0.1, 0.15) is 0 Å². The Labute approximate surface area is 175 Å². The highest BCUT2D eigenvalue weighted by atomic mass is 16.2. The molecule has 1 atom stereocenters. The number of amides is 3. The van der Waals surface area contributed by atoms with Crippen LogP contribution in [-0.2, 0) is 17.6 Å². The second-order valence-corrected chi connectivity index (χ2v) is 8.04. The summed E-state index contributed by atoms with van der Waals surface area (Å²) >= 11 is 0. The lowest BCUT2D eigenvalue weighted by Crippen LogP contribution is -2.46. The van der Waals surface area contributed by atoms with Gasteiger partial charge in [-0.3, -0.25) is 4.79 Å². The van der Waals surface area contributed by atoms with E-state index in [1.54, 1.807) is 6.92 Å². The number of aryl methyl sites for hydroxylation is 3. The Morgan fingerprint density at radius 1 is 0.967 bits per heavy atom. The lowest BCUT2D eigenvalue weighted by molar-refractivity contribution is -0.113. The van der Waals surface area contributed by atoms with Crippen molar-refractivity contribution in [3.05, 3.63) is 88.1 Å². The molecule has 5 rings (SSSR count). The molecule has 3 aromatic rings. The fourth-order valence-corrected chi connectivity index (χ4v) is 4.58. The van der Waals surface area contributed by atoms with Gasteiger partial charge in [0.05, 0.1) is 11.6 Å². The topological polar surface area (TPSA) is 70.2 Å². The molecule has 1 heterocycles. The van der Waals surface area contributed by atoms with Crippen LogP contribution >= 0.6 is 0 Å². The third kappa shape index (κ3) is 3.03. The SMILES string of the molecule is CC1=C(C(=O)Nc2ccc(C)cc2)[C@@H](c2ccc3c4c(cccc24)CC3)NC(=O)N1. The number of nitrogens with one attached hydrogen (secondary N) is 3. The van der Waals surface area contributed by atoms with Crippen molar-refractivity contribution in [1.82, 2.24) is 10.6 Å². The molecule has 1 aliphatic carbocycles. The average molecular weight is 397 g/mol. The number of allylic oxidation sites excluding steroid dienone is 1. The van der Waals surface area contributed by atoms with Gasteiger partial charge < -0.3 is 16.0 Å². The van der Waals surface area contributed by atoms with Crippen molar-refractivity contribution in [3.8, 4) is 0 Å². The highest BCUT2D eigenvalue weighted by Gasteiger charge is 2.33. The molecule has 0 unspecified atom stereocenters. The molecule has 3 amide bonds. The van der Waals surface area contributed by atoms with E-state index in [1.165, 1.54) is 16.5 Å². The van der Waals surface area contributed by atoms with Crippen LogP contribution in [0.3, 0.4) is 0 Å². The minimum atomic E-state index is -0.519. The summed E-state index contributed by atoms with van der Waals surface area (Å²) in [7, 11) is 0. The third-order valence-corrected chi connectivity index (χ3v) is 6.04. The van der Waals surface area contributed by atoms with Crippen LogP contribution in [0.15, 0.2) is 65.9 Å². The summed E-state index contributed by atoms with van der Waals surface area (Å²) in [6.07, 6.45) is 2.06. The maximum Gasteiger partial charge on any atom is 0.319 e. The number of anilines is 1. The standard InChI is InChI=1S/C25H23N3O2/c1-14-6-11-18(12-7-14)27-24(29)21-15(2)26-25(30)28-23(21)20-13-10-17-9-8-16-4-3-5-19(20)22(16)17/h3-7,10-13,23H,8-9H2,1-2H3,(H,27,29)(H2,26,28,30)/t23-/m1/s1. The number of benzene rings is 3. The van der Waals surface area contributed by atoms with Crippen molar-refractivity contribution in [1.29, 1.82) is 0 Å². The molecule has 3 aromatic carbocycles. The number of urea groups is 1. The number of rotatable bonds is 3. The average Bonchev–Trinajstić information content (AvgIpc) is 3.14. The van der Waals surface area contributed by atoms with Crippen LogP contribution in [0.1, 0.15) is 35.2 Å². The molecule has 30 heavy (non-hydrogen) atoms. The summed E-state index contributed by atoms with van der Waals surface area (Å²) in [5.74, 6) is -0.225. The highest BCUT2D eigenvalue weighted by Crippen LogP contribution is 2.38. The smallest absolute Gasteiger partial charge is 0.319 e. The van der Waals surface area contributed by atoms with Gasteiger partial charge in [-0.15, -0.1) is 0 Å². The van der Waals surface area contributed by atoms with Crippen LogP contribution in [0, 0.1) is 6.92 Å². The fraction of sp³-hybridized carbons (Fsp3) is 0.200. The molecule has 0 saturated carbocycles. The summed E-state index contributed by atoms with van der Waals surface area (Å²) in [5.41, 5.74) is 6.54. The molecule has 0 bridgehead atoms. The van der Waals surface area contributed by atoms with Crippen LogP contribution in [0.2, 0.25) is 0 Å². The Hall–Kier alpha value is -3.60. The van der Waals surface area contributed by atoms with Crippen molar-refractivity contribution >= 4 is 28.4 Å². The van der Waals surface area contributed by atoms with Crippen LogP contribution in [0.25, 0.3) is 10.8 Å². The summed E-state index contributed by atoms with van der Waals surface area (Å²) in [5, 5.41) is 11.1. The molecule has 150 valence electrons. The van der Waals surface area contributed by atoms with E-state index in [9.17, 15) is 9.59 Å². The van der Waals surface area contributed by atoms with Crippen LogP contribution in [0.5, 0.6) is 0 Å². The zero-order chi connectivity index (χ0) is 20.8. The molecule has 0 saturated heterocycles. The van der Waals surface area contributed by atoms with E-state index < -0.39 is 6.04 Å². The van der Waals surface area contributed by atoms with E-state index in [0.717, 1.165) is 35.0 Å². The highest BCUT2D eigenvalue weighted by molar-refractivity contribution is 6.07. The first-order valence-electron chi connectivity index (χ1n) is 10.2. The van der Waals surface area contributed by atoms with Gasteiger partial charge in [0.25, 0.3) is 5.91 Å². The van der Waals surface area contributed by atoms with E-state index in [2.05, 4.69) is 46.3 Å². The minimum absolute atomic E-state index is 0.225. The van der Waals surface area contributed by atoms with Crippen LogP contribution < -0.4 is 16.0 Å². The molecule has 3 N–H and O–H groups in total. The summed E-state index contributed by atoms with van der Waals surface area (Å²) in [4.78, 5) is 25.6. The first kappa shape index (κ1) is 18.4. The lowest BCUT2D eigenvalue weighted by atomic mass is 9.89. The van der Waals surface area contributed by atoms with Gasteiger partial charge in [-0.2, -0.15) is 0 Å². The Bertz CT molecular complexity index is 1210. The van der Waals surface area contributed by atoms with Crippen LogP contribution in [-0.4, -0.2) is 11.9 Å². The second-order valence-electron chi connectivity index (χ2n) is 8.04. The number of hydrogen-bond acceptors (Lipinski definition) is 2. The predicted octanol–water partition coefficient (Wildman–Crippen LogP) is 4.51. The summed E-state index contributed by atoms with van der Waals surface area (Å²) in [6.45, 7) is 3.78. The molecular weight excluding hydrogens is 374 g/mol. The normalized spacial score (nSPS) is 17.7. The van der Waals surface area contributed by atoms with E-state index in [4.69, 9.17) is 0 Å².